The highest BCUT2D eigenvalue weighted by molar-refractivity contribution is 6.01. The summed E-state index contributed by atoms with van der Waals surface area (Å²) in [5, 5.41) is 1.31. The molecular formula is C30H23N3. The number of rotatable bonds is 2. The lowest BCUT2D eigenvalue weighted by atomic mass is 9.81. The van der Waals surface area contributed by atoms with Gasteiger partial charge in [0.2, 0.25) is 0 Å². The van der Waals surface area contributed by atoms with Crippen LogP contribution in [0.15, 0.2) is 103 Å². The molecule has 0 amide bonds. The summed E-state index contributed by atoms with van der Waals surface area (Å²) >= 11 is 0. The van der Waals surface area contributed by atoms with Gasteiger partial charge in [-0.1, -0.05) is 80.6 Å². The van der Waals surface area contributed by atoms with Crippen LogP contribution < -0.4 is 0 Å². The van der Waals surface area contributed by atoms with Crippen LogP contribution in [0.2, 0.25) is 0 Å². The Morgan fingerprint density at radius 2 is 1.42 bits per heavy atom. The van der Waals surface area contributed by atoms with Crippen molar-refractivity contribution in [1.82, 2.24) is 14.1 Å². The van der Waals surface area contributed by atoms with Gasteiger partial charge in [-0.2, -0.15) is 0 Å². The van der Waals surface area contributed by atoms with Gasteiger partial charge in [0.1, 0.15) is 11.8 Å². The summed E-state index contributed by atoms with van der Waals surface area (Å²) in [4.78, 5) is 4.92. The first kappa shape index (κ1) is 18.5. The molecule has 0 radical (unpaired) electrons. The van der Waals surface area contributed by atoms with Crippen molar-refractivity contribution in [3.05, 3.63) is 115 Å². The fourth-order valence-electron chi connectivity index (χ4n) is 5.75. The second-order valence-electron chi connectivity index (χ2n) is 9.34. The number of hydrogen-bond donors (Lipinski definition) is 0. The Bertz CT molecular complexity index is 1680. The van der Waals surface area contributed by atoms with E-state index in [1.54, 1.807) is 0 Å². The average molecular weight is 426 g/mol. The molecule has 0 N–H and O–H groups in total. The predicted molar refractivity (Wildman–Crippen MR) is 135 cm³/mol. The Balaban J connectivity index is 1.60. The first-order valence-electron chi connectivity index (χ1n) is 11.4. The molecule has 158 valence electrons. The van der Waals surface area contributed by atoms with Crippen LogP contribution in [0.25, 0.3) is 44.6 Å². The third-order valence-corrected chi connectivity index (χ3v) is 7.19. The van der Waals surface area contributed by atoms with Crippen molar-refractivity contribution in [3.63, 3.8) is 0 Å². The summed E-state index contributed by atoms with van der Waals surface area (Å²) in [6, 6.07) is 34.5. The van der Waals surface area contributed by atoms with E-state index in [9.17, 15) is 0 Å². The molecule has 6 aromatic rings. The van der Waals surface area contributed by atoms with Crippen LogP contribution in [0.5, 0.6) is 0 Å². The molecule has 0 aliphatic heterocycles. The Morgan fingerprint density at radius 3 is 2.30 bits per heavy atom. The fraction of sp³-hybridized carbons (Fsp3) is 0.100. The number of imidazole rings is 1. The van der Waals surface area contributed by atoms with Gasteiger partial charge >= 0.3 is 0 Å². The third kappa shape index (κ3) is 2.37. The normalized spacial score (nSPS) is 14.0. The molecule has 0 fully saturated rings. The Morgan fingerprint density at radius 1 is 0.697 bits per heavy atom. The number of aromatic nitrogens is 3. The molecule has 3 heteroatoms. The highest BCUT2D eigenvalue weighted by Gasteiger charge is 2.40. The largest absolute Gasteiger partial charge is 0.307 e. The lowest BCUT2D eigenvalue weighted by molar-refractivity contribution is 0.666. The molecule has 0 saturated carbocycles. The maximum atomic E-state index is 4.92. The van der Waals surface area contributed by atoms with Crippen LogP contribution in [0, 0.1) is 0 Å². The molecule has 0 atom stereocenters. The van der Waals surface area contributed by atoms with Crippen molar-refractivity contribution in [2.24, 2.45) is 0 Å². The molecule has 4 aromatic carbocycles. The van der Waals surface area contributed by atoms with Crippen LogP contribution in [-0.2, 0) is 5.41 Å². The molecule has 1 aliphatic rings. The van der Waals surface area contributed by atoms with Crippen LogP contribution in [0.4, 0.5) is 0 Å². The standard InChI is InChI=1S/C30H23N3/c1-30(2)23-15-8-6-13-21(23)29-27(30)22-14-7-9-16-24(22)33(29)26-18-10-17-25-28(26)31-19-32(25)20-11-4-3-5-12-20/h3-19H,1-2H3. The topological polar surface area (TPSA) is 22.8 Å². The molecule has 0 spiro atoms. The van der Waals surface area contributed by atoms with E-state index in [-0.39, 0.29) is 5.41 Å². The fourth-order valence-corrected chi connectivity index (χ4v) is 5.75. The summed E-state index contributed by atoms with van der Waals surface area (Å²) in [5.41, 5.74) is 10.9. The lowest BCUT2D eigenvalue weighted by Gasteiger charge is -2.21. The monoisotopic (exact) mass is 425 g/mol. The number of para-hydroxylation sites is 3. The molecule has 0 bridgehead atoms. The van der Waals surface area contributed by atoms with E-state index in [0.717, 1.165) is 22.4 Å². The Labute approximate surface area is 192 Å². The molecule has 7 rings (SSSR count). The molecule has 1 aliphatic carbocycles. The van der Waals surface area contributed by atoms with Crippen LogP contribution >= 0.6 is 0 Å². The molecule has 0 unspecified atom stereocenters. The maximum Gasteiger partial charge on any atom is 0.113 e. The van der Waals surface area contributed by atoms with Crippen LogP contribution in [0.3, 0.4) is 0 Å². The molecule has 2 aromatic heterocycles. The summed E-state index contributed by atoms with van der Waals surface area (Å²) in [6.45, 7) is 4.69. The van der Waals surface area contributed by atoms with Gasteiger partial charge in [0, 0.05) is 22.1 Å². The summed E-state index contributed by atoms with van der Waals surface area (Å²) in [6.07, 6.45) is 1.94. The quantitative estimate of drug-likeness (QED) is 0.286. The first-order valence-corrected chi connectivity index (χ1v) is 11.4. The lowest BCUT2D eigenvalue weighted by Crippen LogP contribution is -2.14. The van der Waals surface area contributed by atoms with Gasteiger partial charge in [0.05, 0.1) is 22.4 Å². The van der Waals surface area contributed by atoms with E-state index in [2.05, 4.69) is 114 Å². The van der Waals surface area contributed by atoms with Crippen molar-refractivity contribution < 1.29 is 0 Å². The highest BCUT2D eigenvalue weighted by atomic mass is 15.1. The Kier molecular flexibility index (Phi) is 3.61. The zero-order valence-electron chi connectivity index (χ0n) is 18.7. The number of benzene rings is 4. The van der Waals surface area contributed by atoms with Gasteiger partial charge in [0.15, 0.2) is 0 Å². The maximum absolute atomic E-state index is 4.92. The number of nitrogens with zero attached hydrogens (tertiary/aromatic N) is 3. The summed E-state index contributed by atoms with van der Waals surface area (Å²) < 4.78 is 4.60. The van der Waals surface area contributed by atoms with Crippen molar-refractivity contribution in [3.8, 4) is 22.6 Å². The van der Waals surface area contributed by atoms with E-state index in [0.29, 0.717) is 0 Å². The first-order chi connectivity index (χ1) is 16.2. The third-order valence-electron chi connectivity index (χ3n) is 7.19. The van der Waals surface area contributed by atoms with Crippen LogP contribution in [-0.4, -0.2) is 14.1 Å². The minimum absolute atomic E-state index is 0.0614. The van der Waals surface area contributed by atoms with E-state index < -0.39 is 0 Å². The molecule has 33 heavy (non-hydrogen) atoms. The summed E-state index contributed by atoms with van der Waals surface area (Å²) in [5.74, 6) is 0. The second-order valence-corrected chi connectivity index (χ2v) is 9.34. The van der Waals surface area contributed by atoms with Gasteiger partial charge in [-0.05, 0) is 41.5 Å². The minimum Gasteiger partial charge on any atom is -0.307 e. The van der Waals surface area contributed by atoms with E-state index in [1.165, 1.54) is 33.3 Å². The van der Waals surface area contributed by atoms with Crippen molar-refractivity contribution in [2.75, 3.05) is 0 Å². The summed E-state index contributed by atoms with van der Waals surface area (Å²) in [7, 11) is 0. The van der Waals surface area contributed by atoms with Gasteiger partial charge in [0.25, 0.3) is 0 Å². The zero-order chi connectivity index (χ0) is 22.2. The van der Waals surface area contributed by atoms with Crippen molar-refractivity contribution in [1.29, 1.82) is 0 Å². The Hall–Kier alpha value is -4.11. The molecule has 0 saturated heterocycles. The zero-order valence-corrected chi connectivity index (χ0v) is 18.7. The van der Waals surface area contributed by atoms with Gasteiger partial charge < -0.3 is 4.57 Å². The van der Waals surface area contributed by atoms with E-state index in [1.807, 2.05) is 12.4 Å². The smallest absolute Gasteiger partial charge is 0.113 e. The van der Waals surface area contributed by atoms with Crippen molar-refractivity contribution >= 4 is 21.9 Å². The second kappa shape index (κ2) is 6.46. The number of hydrogen-bond acceptors (Lipinski definition) is 1. The van der Waals surface area contributed by atoms with Crippen molar-refractivity contribution in [2.45, 2.75) is 19.3 Å². The SMILES string of the molecule is CC1(C)c2ccccc2-c2c1c1ccccc1n2-c1cccc2c1ncn2-c1ccccc1. The predicted octanol–water partition coefficient (Wildman–Crippen LogP) is 7.28. The van der Waals surface area contributed by atoms with Gasteiger partial charge in [-0.3, -0.25) is 4.57 Å². The van der Waals surface area contributed by atoms with Crippen LogP contribution in [0.1, 0.15) is 25.0 Å². The van der Waals surface area contributed by atoms with E-state index in [4.69, 9.17) is 4.98 Å². The van der Waals surface area contributed by atoms with Gasteiger partial charge in [-0.25, -0.2) is 4.98 Å². The molecular weight excluding hydrogens is 402 g/mol. The minimum atomic E-state index is -0.0614. The van der Waals surface area contributed by atoms with E-state index >= 15 is 0 Å². The number of fused-ring (bicyclic) bond motifs is 6. The molecule has 2 heterocycles. The highest BCUT2D eigenvalue weighted by Crippen LogP contribution is 2.53. The average Bonchev–Trinajstić information content (AvgIpc) is 3.50. The molecule has 3 nitrogen and oxygen atoms in total. The van der Waals surface area contributed by atoms with Gasteiger partial charge in [-0.15, -0.1) is 0 Å².